The van der Waals surface area contributed by atoms with Crippen molar-refractivity contribution in [3.05, 3.63) is 29.8 Å². The van der Waals surface area contributed by atoms with Gasteiger partial charge < -0.3 is 16.0 Å². The van der Waals surface area contributed by atoms with Crippen molar-refractivity contribution in [1.82, 2.24) is 4.90 Å². The van der Waals surface area contributed by atoms with Crippen LogP contribution in [0.5, 0.6) is 0 Å². The Kier molecular flexibility index (Phi) is 7.89. The molecule has 124 valence electrons. The summed E-state index contributed by atoms with van der Waals surface area (Å²) in [5, 5.41) is 2.57. The second kappa shape index (κ2) is 8.60. The average molecular weight is 340 g/mol. The molecule has 0 aromatic heterocycles. The molecule has 0 heterocycles. The minimum Gasteiger partial charge on any atom is -0.334 e. The van der Waals surface area contributed by atoms with E-state index in [2.05, 4.69) is 5.32 Å². The fourth-order valence-corrected chi connectivity index (χ4v) is 1.66. The van der Waals surface area contributed by atoms with Gasteiger partial charge in [0.25, 0.3) is 0 Å². The highest BCUT2D eigenvalue weighted by Crippen LogP contribution is 2.19. The van der Waals surface area contributed by atoms with Crippen molar-refractivity contribution in [3.63, 3.8) is 0 Å². The quantitative estimate of drug-likeness (QED) is 0.860. The van der Waals surface area contributed by atoms with Gasteiger partial charge >= 0.3 is 12.1 Å². The first kappa shape index (κ1) is 20.2. The average Bonchev–Trinajstić information content (AvgIpc) is 2.37. The molecule has 0 saturated heterocycles. The molecule has 0 aliphatic carbocycles. The summed E-state index contributed by atoms with van der Waals surface area (Å²) in [4.78, 5) is 23.0. The van der Waals surface area contributed by atoms with Crippen LogP contribution in [-0.4, -0.2) is 36.5 Å². The van der Waals surface area contributed by atoms with Crippen molar-refractivity contribution in [2.75, 3.05) is 18.9 Å². The molecule has 0 aliphatic heterocycles. The maximum absolute atomic E-state index is 12.3. The van der Waals surface area contributed by atoms with Crippen LogP contribution in [0.25, 0.3) is 0 Å². The van der Waals surface area contributed by atoms with Gasteiger partial charge in [-0.25, -0.2) is 0 Å². The second-order valence-electron chi connectivity index (χ2n) is 4.45. The Morgan fingerprint density at radius 1 is 1.32 bits per heavy atom. The molecule has 0 unspecified atom stereocenters. The van der Waals surface area contributed by atoms with Crippen LogP contribution >= 0.6 is 12.4 Å². The van der Waals surface area contributed by atoms with Gasteiger partial charge in [-0.05, 0) is 17.7 Å². The summed E-state index contributed by atoms with van der Waals surface area (Å²) in [6, 6.07) is 6.26. The Morgan fingerprint density at radius 3 is 2.50 bits per heavy atom. The molecule has 0 saturated carbocycles. The summed E-state index contributed by atoms with van der Waals surface area (Å²) >= 11 is 0. The van der Waals surface area contributed by atoms with Crippen molar-refractivity contribution in [2.24, 2.45) is 5.73 Å². The number of carbonyl (C=O) groups is 2. The highest BCUT2D eigenvalue weighted by atomic mass is 35.5. The van der Waals surface area contributed by atoms with Crippen LogP contribution in [-0.2, 0) is 16.1 Å². The zero-order chi connectivity index (χ0) is 16.0. The van der Waals surface area contributed by atoms with Crippen molar-refractivity contribution in [2.45, 2.75) is 19.1 Å². The molecule has 3 N–H and O–H groups in total. The molecular formula is C13H17ClF3N3O2. The summed E-state index contributed by atoms with van der Waals surface area (Å²) in [6.45, 7) is -0.00666. The molecule has 2 amide bonds. The van der Waals surface area contributed by atoms with E-state index < -0.39 is 12.1 Å². The summed E-state index contributed by atoms with van der Waals surface area (Å²) in [5.41, 5.74) is 6.16. The van der Waals surface area contributed by atoms with Crippen LogP contribution in [0.15, 0.2) is 24.3 Å². The Labute approximate surface area is 132 Å². The number of hydrogen-bond donors (Lipinski definition) is 2. The van der Waals surface area contributed by atoms with Gasteiger partial charge in [0.1, 0.15) is 0 Å². The Morgan fingerprint density at radius 2 is 1.95 bits per heavy atom. The summed E-state index contributed by atoms with van der Waals surface area (Å²) in [7, 11) is 1.06. The zero-order valence-corrected chi connectivity index (χ0v) is 12.6. The number of rotatable bonds is 5. The van der Waals surface area contributed by atoms with E-state index in [4.69, 9.17) is 5.73 Å². The van der Waals surface area contributed by atoms with E-state index in [9.17, 15) is 22.8 Å². The van der Waals surface area contributed by atoms with E-state index in [0.717, 1.165) is 7.05 Å². The third-order valence-corrected chi connectivity index (χ3v) is 2.59. The van der Waals surface area contributed by atoms with E-state index in [1.807, 2.05) is 0 Å². The lowest BCUT2D eigenvalue weighted by atomic mass is 10.2. The number of alkyl halides is 3. The van der Waals surface area contributed by atoms with Gasteiger partial charge in [-0.3, -0.25) is 9.59 Å². The third kappa shape index (κ3) is 6.31. The van der Waals surface area contributed by atoms with Crippen molar-refractivity contribution in [3.8, 4) is 0 Å². The summed E-state index contributed by atoms with van der Waals surface area (Å²) < 4.78 is 36.8. The molecule has 1 aromatic rings. The maximum atomic E-state index is 12.3. The molecule has 0 radical (unpaired) electrons. The lowest BCUT2D eigenvalue weighted by Gasteiger charge is -2.19. The summed E-state index contributed by atoms with van der Waals surface area (Å²) in [5.74, 6) is -2.20. The van der Waals surface area contributed by atoms with Crippen LogP contribution in [0.3, 0.4) is 0 Å². The molecule has 1 aromatic carbocycles. The smallest absolute Gasteiger partial charge is 0.334 e. The number of nitrogens with zero attached hydrogens (tertiary/aromatic N) is 1. The van der Waals surface area contributed by atoms with Gasteiger partial charge in [0.05, 0.1) is 0 Å². The first-order valence-electron chi connectivity index (χ1n) is 6.15. The molecule has 1 rings (SSSR count). The predicted molar refractivity (Wildman–Crippen MR) is 78.5 cm³/mol. The minimum atomic E-state index is -4.90. The van der Waals surface area contributed by atoms with Crippen LogP contribution in [0.4, 0.5) is 18.9 Å². The molecule has 0 aliphatic rings. The number of anilines is 1. The van der Waals surface area contributed by atoms with Crippen molar-refractivity contribution >= 4 is 29.9 Å². The first-order valence-corrected chi connectivity index (χ1v) is 6.15. The van der Waals surface area contributed by atoms with Gasteiger partial charge in [0.2, 0.25) is 5.91 Å². The Bertz CT molecular complexity index is 523. The molecule has 0 bridgehead atoms. The van der Waals surface area contributed by atoms with Crippen LogP contribution in [0.1, 0.15) is 12.0 Å². The Balaban J connectivity index is 0.00000441. The lowest BCUT2D eigenvalue weighted by Crippen LogP contribution is -2.37. The van der Waals surface area contributed by atoms with E-state index in [1.165, 1.54) is 6.07 Å². The Hall–Kier alpha value is -1.80. The predicted octanol–water partition coefficient (Wildman–Crippen LogP) is 1.92. The molecule has 9 heteroatoms. The van der Waals surface area contributed by atoms with Crippen LogP contribution in [0.2, 0.25) is 0 Å². The van der Waals surface area contributed by atoms with E-state index >= 15 is 0 Å². The van der Waals surface area contributed by atoms with Gasteiger partial charge in [0, 0.05) is 32.2 Å². The zero-order valence-electron chi connectivity index (χ0n) is 11.8. The van der Waals surface area contributed by atoms with Crippen LogP contribution < -0.4 is 11.1 Å². The summed E-state index contributed by atoms with van der Waals surface area (Å²) in [6.07, 6.45) is -4.75. The lowest BCUT2D eigenvalue weighted by molar-refractivity contribution is -0.184. The second-order valence-corrected chi connectivity index (χ2v) is 4.45. The number of hydrogen-bond acceptors (Lipinski definition) is 3. The highest BCUT2D eigenvalue weighted by Gasteiger charge is 2.41. The number of nitrogens with two attached hydrogens (primary N) is 1. The number of halogens is 4. The van der Waals surface area contributed by atoms with E-state index in [-0.39, 0.29) is 37.8 Å². The normalized spacial score (nSPS) is 10.6. The standard InChI is InChI=1S/C13H16F3N3O2.ClH/c1-19(12(21)13(14,15)16)8-9-3-2-4-10(7-9)18-11(20)5-6-17;/h2-4,7H,5-6,8,17H2,1H3,(H,18,20);1H. The topological polar surface area (TPSA) is 75.4 Å². The SMILES string of the molecule is CN(Cc1cccc(NC(=O)CCN)c1)C(=O)C(F)(F)F.Cl. The van der Waals surface area contributed by atoms with Gasteiger partial charge in [0.15, 0.2) is 0 Å². The van der Waals surface area contributed by atoms with Crippen LogP contribution in [0, 0.1) is 0 Å². The van der Waals surface area contributed by atoms with E-state index in [1.54, 1.807) is 18.2 Å². The maximum Gasteiger partial charge on any atom is 0.471 e. The number of nitrogens with one attached hydrogen (secondary N) is 1. The minimum absolute atomic E-state index is 0. The fourth-order valence-electron chi connectivity index (χ4n) is 1.66. The van der Waals surface area contributed by atoms with Gasteiger partial charge in [-0.1, -0.05) is 12.1 Å². The molecule has 0 fully saturated rings. The highest BCUT2D eigenvalue weighted by molar-refractivity contribution is 5.90. The number of carbonyl (C=O) groups excluding carboxylic acids is 2. The molecule has 0 spiro atoms. The van der Waals surface area contributed by atoms with Gasteiger partial charge in [-0.15, -0.1) is 12.4 Å². The molecule has 5 nitrogen and oxygen atoms in total. The van der Waals surface area contributed by atoms with Gasteiger partial charge in [-0.2, -0.15) is 13.2 Å². The molecule has 0 atom stereocenters. The largest absolute Gasteiger partial charge is 0.471 e. The fraction of sp³-hybridized carbons (Fsp3) is 0.385. The number of benzene rings is 1. The number of amides is 2. The van der Waals surface area contributed by atoms with Crippen molar-refractivity contribution < 1.29 is 22.8 Å². The monoisotopic (exact) mass is 339 g/mol. The molecular weight excluding hydrogens is 323 g/mol. The van der Waals surface area contributed by atoms with Crippen molar-refractivity contribution in [1.29, 1.82) is 0 Å². The third-order valence-electron chi connectivity index (χ3n) is 2.59. The first-order chi connectivity index (χ1) is 9.74. The van der Waals surface area contributed by atoms with E-state index in [0.29, 0.717) is 16.2 Å². The molecule has 22 heavy (non-hydrogen) atoms.